The van der Waals surface area contributed by atoms with E-state index in [2.05, 4.69) is 9.69 Å². The van der Waals surface area contributed by atoms with Gasteiger partial charge in [-0.05, 0) is 46.5 Å². The average Bonchev–Trinajstić information content (AvgIpc) is 2.62. The van der Waals surface area contributed by atoms with Crippen LogP contribution in [0.4, 0.5) is 0 Å². The molecule has 2 atom stereocenters. The largest absolute Gasteiger partial charge is 0.508 e. The quantitative estimate of drug-likeness (QED) is 0.541. The van der Waals surface area contributed by atoms with Gasteiger partial charge in [-0.15, -0.1) is 0 Å². The van der Waals surface area contributed by atoms with Crippen LogP contribution < -0.4 is 11.5 Å². The molecule has 0 saturated heterocycles. The number of carbonyl (C=O) groups is 2. The van der Waals surface area contributed by atoms with E-state index in [1.807, 2.05) is 0 Å². The molecular weight excluding hydrogens is 360 g/mol. The predicted octanol–water partition coefficient (Wildman–Crippen LogP) is 1.40. The van der Waals surface area contributed by atoms with E-state index in [-0.39, 0.29) is 24.3 Å². The third kappa shape index (κ3) is 4.99. The maximum atomic E-state index is 11.3. The highest BCUT2D eigenvalue weighted by Gasteiger charge is 2.22. The van der Waals surface area contributed by atoms with Crippen LogP contribution in [0, 0.1) is 13.1 Å². The van der Waals surface area contributed by atoms with Crippen molar-refractivity contribution in [2.45, 2.75) is 24.9 Å². The number of carbonyl (C=O) groups excluding carboxylic acids is 2. The molecule has 8 heteroatoms. The summed E-state index contributed by atoms with van der Waals surface area (Å²) in [4.78, 5) is 29.0. The molecule has 0 radical (unpaired) electrons. The number of primary amides is 2. The van der Waals surface area contributed by atoms with Gasteiger partial charge in [0.05, 0.1) is 12.8 Å². The molecule has 2 aromatic carbocycles. The lowest BCUT2D eigenvalue weighted by molar-refractivity contribution is -0.119. The van der Waals surface area contributed by atoms with E-state index in [0.29, 0.717) is 22.3 Å². The van der Waals surface area contributed by atoms with Crippen LogP contribution in [0.2, 0.25) is 0 Å². The standard InChI is InChI=1S/C20H18N4O4/c1-23-17(19(21)27)7-11-3-13(9-15(25)5-11)14-4-12(6-16(26)10-14)8-18(24-2)20(22)28/h3-6,9-10,17-18,25-26H,7-8H2,(H2,21,27)(H2,22,28). The molecule has 142 valence electrons. The van der Waals surface area contributed by atoms with Crippen molar-refractivity contribution in [1.82, 2.24) is 0 Å². The van der Waals surface area contributed by atoms with E-state index in [0.717, 1.165) is 0 Å². The Labute approximate surface area is 161 Å². The topological polar surface area (TPSA) is 135 Å². The number of rotatable bonds is 7. The first-order valence-electron chi connectivity index (χ1n) is 8.21. The van der Waals surface area contributed by atoms with Crippen molar-refractivity contribution in [3.63, 3.8) is 0 Å². The molecule has 0 aliphatic carbocycles. The van der Waals surface area contributed by atoms with E-state index in [1.54, 1.807) is 12.1 Å². The lowest BCUT2D eigenvalue weighted by Crippen LogP contribution is -2.27. The Kier molecular flexibility index (Phi) is 6.20. The van der Waals surface area contributed by atoms with Crippen LogP contribution in [0.1, 0.15) is 11.1 Å². The third-order valence-corrected chi connectivity index (χ3v) is 4.12. The number of hydrogen-bond donors (Lipinski definition) is 4. The number of phenolic OH excluding ortho intramolecular Hbond substituents is 2. The second-order valence-electron chi connectivity index (χ2n) is 6.28. The maximum Gasteiger partial charge on any atom is 0.304 e. The van der Waals surface area contributed by atoms with Crippen molar-refractivity contribution in [2.24, 2.45) is 11.5 Å². The number of benzene rings is 2. The fourth-order valence-electron chi connectivity index (χ4n) is 2.78. The van der Waals surface area contributed by atoms with Crippen molar-refractivity contribution in [2.75, 3.05) is 0 Å². The number of nitrogens with two attached hydrogens (primary N) is 2. The van der Waals surface area contributed by atoms with Gasteiger partial charge in [0.1, 0.15) is 11.5 Å². The van der Waals surface area contributed by atoms with Crippen LogP contribution in [-0.4, -0.2) is 34.1 Å². The lowest BCUT2D eigenvalue weighted by atomic mass is 9.96. The Morgan fingerprint density at radius 1 is 0.786 bits per heavy atom. The van der Waals surface area contributed by atoms with E-state index in [9.17, 15) is 19.8 Å². The van der Waals surface area contributed by atoms with E-state index in [1.165, 1.54) is 24.3 Å². The van der Waals surface area contributed by atoms with Gasteiger partial charge in [0, 0.05) is 0 Å². The fourth-order valence-corrected chi connectivity index (χ4v) is 2.78. The minimum absolute atomic E-state index is 0.0351. The molecule has 8 nitrogen and oxygen atoms in total. The smallest absolute Gasteiger partial charge is 0.304 e. The number of aromatic hydroxyl groups is 2. The zero-order valence-electron chi connectivity index (χ0n) is 14.8. The van der Waals surface area contributed by atoms with E-state index in [4.69, 9.17) is 24.6 Å². The van der Waals surface area contributed by atoms with Crippen LogP contribution in [0.3, 0.4) is 0 Å². The van der Waals surface area contributed by atoms with Crippen LogP contribution in [0.5, 0.6) is 11.5 Å². The van der Waals surface area contributed by atoms with Crippen LogP contribution in [0.15, 0.2) is 36.4 Å². The van der Waals surface area contributed by atoms with Gasteiger partial charge in [0.2, 0.25) is 0 Å². The molecule has 0 bridgehead atoms. The summed E-state index contributed by atoms with van der Waals surface area (Å²) in [5, 5.41) is 20.0. The molecule has 0 aliphatic heterocycles. The first-order valence-corrected chi connectivity index (χ1v) is 8.21. The second-order valence-corrected chi connectivity index (χ2v) is 6.28. The molecule has 2 unspecified atom stereocenters. The summed E-state index contributed by atoms with van der Waals surface area (Å²) in [6.07, 6.45) is 0.0702. The van der Waals surface area contributed by atoms with Gasteiger partial charge in [-0.1, -0.05) is 12.1 Å². The summed E-state index contributed by atoms with van der Waals surface area (Å²) in [5.74, 6) is -1.67. The molecule has 0 spiro atoms. The maximum absolute atomic E-state index is 11.3. The minimum Gasteiger partial charge on any atom is -0.508 e. The van der Waals surface area contributed by atoms with Gasteiger partial charge < -0.3 is 31.4 Å². The molecular formula is C20H18N4O4. The molecule has 6 N–H and O–H groups in total. The minimum atomic E-state index is -1.05. The first-order chi connectivity index (χ1) is 13.2. The number of phenols is 2. The Morgan fingerprint density at radius 2 is 1.14 bits per heavy atom. The highest BCUT2D eigenvalue weighted by Crippen LogP contribution is 2.30. The molecule has 0 saturated carbocycles. The van der Waals surface area contributed by atoms with Crippen molar-refractivity contribution in [3.05, 3.63) is 70.4 Å². The highest BCUT2D eigenvalue weighted by molar-refractivity contribution is 5.82. The Hall–Kier alpha value is -4.04. The van der Waals surface area contributed by atoms with Gasteiger partial charge >= 0.3 is 23.9 Å². The Morgan fingerprint density at radius 3 is 1.43 bits per heavy atom. The first kappa shape index (κ1) is 20.3. The predicted molar refractivity (Wildman–Crippen MR) is 102 cm³/mol. The van der Waals surface area contributed by atoms with Gasteiger partial charge in [-0.25, -0.2) is 13.1 Å². The van der Waals surface area contributed by atoms with E-state index < -0.39 is 23.9 Å². The summed E-state index contributed by atoms with van der Waals surface area (Å²) < 4.78 is 0. The second kappa shape index (κ2) is 8.56. The summed E-state index contributed by atoms with van der Waals surface area (Å²) in [5.41, 5.74) is 12.5. The van der Waals surface area contributed by atoms with Gasteiger partial charge in [0.25, 0.3) is 0 Å². The van der Waals surface area contributed by atoms with Gasteiger partial charge in [0.15, 0.2) is 0 Å². The summed E-state index contributed by atoms with van der Waals surface area (Å²) in [6, 6.07) is 7.00. The van der Waals surface area contributed by atoms with Gasteiger partial charge in [-0.3, -0.25) is 9.59 Å². The van der Waals surface area contributed by atoms with Crippen molar-refractivity contribution < 1.29 is 19.8 Å². The van der Waals surface area contributed by atoms with Crippen LogP contribution in [-0.2, 0) is 22.4 Å². The molecule has 0 aromatic heterocycles. The van der Waals surface area contributed by atoms with Crippen LogP contribution in [0.25, 0.3) is 20.8 Å². The Bertz CT molecular complexity index is 923. The number of nitrogens with zero attached hydrogens (tertiary/aromatic N) is 2. The van der Waals surface area contributed by atoms with Crippen molar-refractivity contribution in [1.29, 1.82) is 0 Å². The normalized spacial score (nSPS) is 12.4. The zero-order valence-corrected chi connectivity index (χ0v) is 14.8. The molecule has 0 heterocycles. The Balaban J connectivity index is 2.42. The van der Waals surface area contributed by atoms with Crippen molar-refractivity contribution >= 4 is 11.8 Å². The monoisotopic (exact) mass is 378 g/mol. The summed E-state index contributed by atoms with van der Waals surface area (Å²) in [7, 11) is 0. The third-order valence-electron chi connectivity index (χ3n) is 4.12. The van der Waals surface area contributed by atoms with Crippen LogP contribution >= 0.6 is 0 Å². The molecule has 28 heavy (non-hydrogen) atoms. The number of amides is 2. The highest BCUT2D eigenvalue weighted by atomic mass is 16.3. The molecule has 2 amide bonds. The average molecular weight is 378 g/mol. The number of hydrogen-bond acceptors (Lipinski definition) is 4. The molecule has 2 aromatic rings. The van der Waals surface area contributed by atoms with Gasteiger partial charge in [-0.2, -0.15) is 0 Å². The molecule has 0 fully saturated rings. The van der Waals surface area contributed by atoms with Crippen molar-refractivity contribution in [3.8, 4) is 22.6 Å². The lowest BCUT2D eigenvalue weighted by Gasteiger charge is -2.10. The zero-order chi connectivity index (χ0) is 20.8. The molecule has 2 rings (SSSR count). The SMILES string of the molecule is [C-]#[N+]C(Cc1cc(O)cc(-c2cc(O)cc(CC([N+]#[C-])C(N)=O)c2)c1)C(N)=O. The summed E-state index contributed by atoms with van der Waals surface area (Å²) in [6.45, 7) is 14.1. The molecule has 0 aliphatic rings. The van der Waals surface area contributed by atoms with E-state index >= 15 is 0 Å². The summed E-state index contributed by atoms with van der Waals surface area (Å²) >= 11 is 0. The fraction of sp³-hybridized carbons (Fsp3) is 0.200.